The van der Waals surface area contributed by atoms with Crippen LogP contribution in [0, 0.1) is 20.8 Å². The first-order valence-electron chi connectivity index (χ1n) is 9.05. The number of rotatable bonds is 6. The van der Waals surface area contributed by atoms with Crippen LogP contribution in [0.1, 0.15) is 29.4 Å². The molecule has 0 fully saturated rings. The maximum absolute atomic E-state index is 12.4. The molecule has 1 aromatic heterocycles. The van der Waals surface area contributed by atoms with E-state index in [1.54, 1.807) is 13.1 Å². The van der Waals surface area contributed by atoms with Gasteiger partial charge in [0.25, 0.3) is 5.91 Å². The Morgan fingerprint density at radius 3 is 2.56 bits per heavy atom. The fourth-order valence-electron chi connectivity index (χ4n) is 2.84. The van der Waals surface area contributed by atoms with E-state index < -0.39 is 6.10 Å². The zero-order valence-electron chi connectivity index (χ0n) is 16.2. The van der Waals surface area contributed by atoms with Crippen molar-refractivity contribution in [3.05, 3.63) is 77.4 Å². The molecule has 140 valence electrons. The van der Waals surface area contributed by atoms with Crippen LogP contribution in [-0.4, -0.2) is 21.6 Å². The number of nitrogens with one attached hydrogen (secondary N) is 1. The summed E-state index contributed by atoms with van der Waals surface area (Å²) in [5.74, 6) is 1.55. The van der Waals surface area contributed by atoms with Crippen molar-refractivity contribution in [2.45, 2.75) is 40.3 Å². The largest absolute Gasteiger partial charge is 0.481 e. The van der Waals surface area contributed by atoms with Gasteiger partial charge in [-0.1, -0.05) is 24.3 Å². The van der Waals surface area contributed by atoms with Gasteiger partial charge < -0.3 is 14.6 Å². The van der Waals surface area contributed by atoms with Crippen molar-refractivity contribution in [1.82, 2.24) is 14.9 Å². The third kappa shape index (κ3) is 4.56. The van der Waals surface area contributed by atoms with E-state index in [9.17, 15) is 4.79 Å². The third-order valence-electron chi connectivity index (χ3n) is 4.52. The zero-order valence-corrected chi connectivity index (χ0v) is 16.2. The Labute approximate surface area is 160 Å². The Bertz CT molecular complexity index is 929. The molecule has 2 aromatic carbocycles. The lowest BCUT2D eigenvalue weighted by atomic mass is 10.1. The number of hydrogen-bond donors (Lipinski definition) is 1. The molecule has 0 saturated carbocycles. The van der Waals surface area contributed by atoms with Crippen LogP contribution in [0.5, 0.6) is 5.75 Å². The molecule has 0 bridgehead atoms. The molecule has 0 saturated heterocycles. The molecule has 0 aliphatic rings. The van der Waals surface area contributed by atoms with Crippen molar-refractivity contribution in [2.24, 2.45) is 0 Å². The Kier molecular flexibility index (Phi) is 5.60. The maximum Gasteiger partial charge on any atom is 0.261 e. The number of imidazole rings is 1. The molecule has 3 rings (SSSR count). The maximum atomic E-state index is 12.4. The van der Waals surface area contributed by atoms with Crippen molar-refractivity contribution in [1.29, 1.82) is 0 Å². The lowest BCUT2D eigenvalue weighted by molar-refractivity contribution is -0.127. The highest BCUT2D eigenvalue weighted by molar-refractivity contribution is 5.80. The highest BCUT2D eigenvalue weighted by Crippen LogP contribution is 2.20. The summed E-state index contributed by atoms with van der Waals surface area (Å²) in [6.45, 7) is 8.17. The van der Waals surface area contributed by atoms with Crippen molar-refractivity contribution < 1.29 is 9.53 Å². The van der Waals surface area contributed by atoms with Gasteiger partial charge in [-0.2, -0.15) is 0 Å². The van der Waals surface area contributed by atoms with Gasteiger partial charge in [0, 0.05) is 24.6 Å². The second kappa shape index (κ2) is 8.08. The van der Waals surface area contributed by atoms with E-state index in [1.807, 2.05) is 74.0 Å². The lowest BCUT2D eigenvalue weighted by Gasteiger charge is -2.17. The van der Waals surface area contributed by atoms with E-state index in [0.29, 0.717) is 6.54 Å². The summed E-state index contributed by atoms with van der Waals surface area (Å²) in [5.41, 5.74) is 4.21. The average molecular weight is 363 g/mol. The van der Waals surface area contributed by atoms with Gasteiger partial charge >= 0.3 is 0 Å². The van der Waals surface area contributed by atoms with E-state index >= 15 is 0 Å². The fraction of sp³-hybridized carbons (Fsp3) is 0.273. The first kappa shape index (κ1) is 18.7. The molecule has 0 unspecified atom stereocenters. The summed E-state index contributed by atoms with van der Waals surface area (Å²) in [4.78, 5) is 16.6. The normalized spacial score (nSPS) is 11.9. The van der Waals surface area contributed by atoms with Crippen LogP contribution in [-0.2, 0) is 11.3 Å². The Morgan fingerprint density at radius 1 is 1.15 bits per heavy atom. The molecule has 1 N–H and O–H groups in total. The number of aromatic nitrogens is 2. The van der Waals surface area contributed by atoms with E-state index in [2.05, 4.69) is 10.3 Å². The lowest BCUT2D eigenvalue weighted by Crippen LogP contribution is -2.36. The number of carbonyl (C=O) groups is 1. The van der Waals surface area contributed by atoms with Crippen molar-refractivity contribution in [3.63, 3.8) is 0 Å². The second-order valence-corrected chi connectivity index (χ2v) is 6.76. The van der Waals surface area contributed by atoms with Crippen LogP contribution in [0.4, 0.5) is 0 Å². The van der Waals surface area contributed by atoms with Crippen LogP contribution in [0.15, 0.2) is 54.9 Å². The molecular formula is C22H25N3O2. The Balaban J connectivity index is 1.57. The number of aryl methyl sites for hydroxylation is 3. The molecule has 0 aliphatic heterocycles. The molecule has 27 heavy (non-hydrogen) atoms. The number of hydrogen-bond acceptors (Lipinski definition) is 3. The molecule has 5 nitrogen and oxygen atoms in total. The number of benzene rings is 2. The molecule has 1 amide bonds. The van der Waals surface area contributed by atoms with Crippen molar-refractivity contribution >= 4 is 5.91 Å². The molecular weight excluding hydrogens is 338 g/mol. The van der Waals surface area contributed by atoms with Gasteiger partial charge in [-0.3, -0.25) is 4.79 Å². The van der Waals surface area contributed by atoms with Gasteiger partial charge in [-0.25, -0.2) is 4.98 Å². The molecule has 5 heteroatoms. The summed E-state index contributed by atoms with van der Waals surface area (Å²) in [5, 5.41) is 2.94. The van der Waals surface area contributed by atoms with Gasteiger partial charge in [-0.15, -0.1) is 0 Å². The summed E-state index contributed by atoms with van der Waals surface area (Å²) < 4.78 is 7.85. The number of nitrogens with zero attached hydrogens (tertiary/aromatic N) is 2. The van der Waals surface area contributed by atoms with Crippen LogP contribution >= 0.6 is 0 Å². The van der Waals surface area contributed by atoms with Gasteiger partial charge in [0.2, 0.25) is 0 Å². The van der Waals surface area contributed by atoms with Crippen LogP contribution < -0.4 is 10.1 Å². The first-order chi connectivity index (χ1) is 12.9. The molecule has 0 aliphatic carbocycles. The predicted molar refractivity (Wildman–Crippen MR) is 106 cm³/mol. The van der Waals surface area contributed by atoms with Crippen molar-refractivity contribution in [2.75, 3.05) is 0 Å². The summed E-state index contributed by atoms with van der Waals surface area (Å²) >= 11 is 0. The topological polar surface area (TPSA) is 56.1 Å². The number of carbonyl (C=O) groups excluding carboxylic acids is 1. The first-order valence-corrected chi connectivity index (χ1v) is 9.05. The third-order valence-corrected chi connectivity index (χ3v) is 4.52. The minimum Gasteiger partial charge on any atom is -0.481 e. The molecule has 0 spiro atoms. The molecule has 3 aromatic rings. The van der Waals surface area contributed by atoms with E-state index in [-0.39, 0.29) is 5.91 Å². The van der Waals surface area contributed by atoms with Crippen LogP contribution in [0.2, 0.25) is 0 Å². The fourth-order valence-corrected chi connectivity index (χ4v) is 2.84. The highest BCUT2D eigenvalue weighted by Gasteiger charge is 2.15. The predicted octanol–water partition coefficient (Wildman–Crippen LogP) is 3.88. The molecule has 1 atom stereocenters. The minimum absolute atomic E-state index is 0.134. The average Bonchev–Trinajstić information content (AvgIpc) is 3.09. The number of amides is 1. The monoisotopic (exact) mass is 363 g/mol. The Morgan fingerprint density at radius 2 is 1.89 bits per heavy atom. The molecule has 1 heterocycles. The van der Waals surface area contributed by atoms with Crippen molar-refractivity contribution in [3.8, 4) is 11.4 Å². The summed E-state index contributed by atoms with van der Waals surface area (Å²) in [7, 11) is 0. The molecule has 0 radical (unpaired) electrons. The van der Waals surface area contributed by atoms with Gasteiger partial charge in [-0.05, 0) is 62.6 Å². The van der Waals surface area contributed by atoms with Gasteiger partial charge in [0.05, 0.1) is 0 Å². The summed E-state index contributed by atoms with van der Waals surface area (Å²) in [6.07, 6.45) is 3.15. The van der Waals surface area contributed by atoms with Gasteiger partial charge in [0.1, 0.15) is 11.6 Å². The zero-order chi connectivity index (χ0) is 19.4. The minimum atomic E-state index is -0.557. The van der Waals surface area contributed by atoms with Gasteiger partial charge in [0.15, 0.2) is 6.10 Å². The van der Waals surface area contributed by atoms with E-state index in [1.165, 1.54) is 0 Å². The van der Waals surface area contributed by atoms with E-state index in [4.69, 9.17) is 4.74 Å². The quantitative estimate of drug-likeness (QED) is 0.723. The summed E-state index contributed by atoms with van der Waals surface area (Å²) in [6, 6.07) is 14.0. The number of ether oxygens (including phenoxy) is 1. The smallest absolute Gasteiger partial charge is 0.261 e. The van der Waals surface area contributed by atoms with Crippen LogP contribution in [0.25, 0.3) is 5.69 Å². The van der Waals surface area contributed by atoms with E-state index in [0.717, 1.165) is 34.0 Å². The highest BCUT2D eigenvalue weighted by atomic mass is 16.5. The SMILES string of the molecule is Cc1ccc(C)c(O[C@H](C)C(=O)NCc2ccc(-n3ccnc3C)cc2)c1. The second-order valence-electron chi connectivity index (χ2n) is 6.76. The standard InChI is InChI=1S/C22H25N3O2/c1-15-5-6-16(2)21(13-15)27-17(3)22(26)24-14-19-7-9-20(10-8-19)25-12-11-23-18(25)4/h5-13,17H,14H2,1-4H3,(H,24,26)/t17-/m1/s1. The Hall–Kier alpha value is -3.08. The van der Waals surface area contributed by atoms with Crippen LogP contribution in [0.3, 0.4) is 0 Å².